The molecule has 0 unspecified atom stereocenters. The summed E-state index contributed by atoms with van der Waals surface area (Å²) >= 11 is 0. The summed E-state index contributed by atoms with van der Waals surface area (Å²) in [5.74, 6) is -0.877. The Kier molecular flexibility index (Phi) is 8.13. The van der Waals surface area contributed by atoms with Crippen molar-refractivity contribution in [1.29, 1.82) is 0 Å². The van der Waals surface area contributed by atoms with Crippen molar-refractivity contribution in [3.8, 4) is 0 Å². The maximum Gasteiger partial charge on any atom is 0.251 e. The molecule has 1 aromatic carbocycles. The SMILES string of the molecule is CCN(C)c1nccc(NC2CCC(NC(=O)c3ccc(F)c(F)c3)CC2)n1.Cl. The van der Waals surface area contributed by atoms with Gasteiger partial charge in [0.25, 0.3) is 5.91 Å². The summed E-state index contributed by atoms with van der Waals surface area (Å²) in [6, 6.07) is 5.33. The van der Waals surface area contributed by atoms with Crippen LogP contribution in [0.25, 0.3) is 0 Å². The second-order valence-corrected chi connectivity index (χ2v) is 7.05. The van der Waals surface area contributed by atoms with Gasteiger partial charge >= 0.3 is 0 Å². The molecule has 6 nitrogen and oxygen atoms in total. The Hall–Kier alpha value is -2.48. The second kappa shape index (κ2) is 10.3. The Morgan fingerprint density at radius 3 is 2.48 bits per heavy atom. The van der Waals surface area contributed by atoms with Gasteiger partial charge in [0.05, 0.1) is 0 Å². The normalized spacial score (nSPS) is 18.5. The zero-order valence-electron chi connectivity index (χ0n) is 16.5. The molecule has 1 fully saturated rings. The van der Waals surface area contributed by atoms with Gasteiger partial charge in [-0.2, -0.15) is 4.98 Å². The third-order valence-electron chi connectivity index (χ3n) is 5.05. The average Bonchev–Trinajstić information content (AvgIpc) is 2.71. The van der Waals surface area contributed by atoms with E-state index in [0.29, 0.717) is 5.95 Å². The van der Waals surface area contributed by atoms with E-state index in [0.717, 1.165) is 50.2 Å². The van der Waals surface area contributed by atoms with Crippen LogP contribution < -0.4 is 15.5 Å². The molecule has 0 radical (unpaired) electrons. The lowest BCUT2D eigenvalue weighted by Gasteiger charge is -2.30. The van der Waals surface area contributed by atoms with E-state index >= 15 is 0 Å². The van der Waals surface area contributed by atoms with Crippen LogP contribution in [0.3, 0.4) is 0 Å². The minimum atomic E-state index is -1.02. The van der Waals surface area contributed by atoms with Gasteiger partial charge in [-0.15, -0.1) is 12.4 Å². The number of hydrogen-bond donors (Lipinski definition) is 2. The predicted molar refractivity (Wildman–Crippen MR) is 112 cm³/mol. The van der Waals surface area contributed by atoms with E-state index in [1.165, 1.54) is 6.07 Å². The van der Waals surface area contributed by atoms with Gasteiger partial charge in [-0.05, 0) is 56.9 Å². The first-order valence-corrected chi connectivity index (χ1v) is 9.53. The maximum absolute atomic E-state index is 13.3. The van der Waals surface area contributed by atoms with E-state index < -0.39 is 11.6 Å². The minimum Gasteiger partial charge on any atom is -0.367 e. The molecule has 0 atom stereocenters. The number of nitrogens with zero attached hydrogens (tertiary/aromatic N) is 3. The van der Waals surface area contributed by atoms with Crippen LogP contribution in [0.5, 0.6) is 0 Å². The Morgan fingerprint density at radius 2 is 1.83 bits per heavy atom. The highest BCUT2D eigenvalue weighted by Crippen LogP contribution is 2.22. The van der Waals surface area contributed by atoms with Crippen molar-refractivity contribution in [3.05, 3.63) is 47.7 Å². The first kappa shape index (κ1) is 22.8. The van der Waals surface area contributed by atoms with Crippen LogP contribution in [0.1, 0.15) is 43.0 Å². The number of carbonyl (C=O) groups is 1. The lowest BCUT2D eigenvalue weighted by atomic mass is 9.91. The molecule has 1 aliphatic carbocycles. The van der Waals surface area contributed by atoms with Crippen molar-refractivity contribution in [2.45, 2.75) is 44.7 Å². The molecule has 1 heterocycles. The fourth-order valence-electron chi connectivity index (χ4n) is 3.25. The highest BCUT2D eigenvalue weighted by Gasteiger charge is 2.23. The second-order valence-electron chi connectivity index (χ2n) is 7.05. The summed E-state index contributed by atoms with van der Waals surface area (Å²) < 4.78 is 26.3. The van der Waals surface area contributed by atoms with Crippen LogP contribution in [-0.4, -0.2) is 41.6 Å². The fourth-order valence-corrected chi connectivity index (χ4v) is 3.25. The summed E-state index contributed by atoms with van der Waals surface area (Å²) in [4.78, 5) is 23.0. The number of nitrogens with one attached hydrogen (secondary N) is 2. The number of anilines is 2. The molecule has 158 valence electrons. The van der Waals surface area contributed by atoms with Gasteiger partial charge in [0.15, 0.2) is 11.6 Å². The maximum atomic E-state index is 13.3. The van der Waals surface area contributed by atoms with Gasteiger partial charge in [0, 0.05) is 37.4 Å². The molecule has 2 aromatic rings. The van der Waals surface area contributed by atoms with E-state index in [9.17, 15) is 13.6 Å². The van der Waals surface area contributed by atoms with Crippen molar-refractivity contribution >= 4 is 30.1 Å². The summed E-state index contributed by atoms with van der Waals surface area (Å²) in [6.45, 7) is 2.87. The number of aromatic nitrogens is 2. The van der Waals surface area contributed by atoms with Crippen molar-refractivity contribution < 1.29 is 13.6 Å². The molecule has 1 amide bonds. The largest absolute Gasteiger partial charge is 0.367 e. The van der Waals surface area contributed by atoms with E-state index in [4.69, 9.17) is 0 Å². The molecule has 2 N–H and O–H groups in total. The van der Waals surface area contributed by atoms with E-state index in [-0.39, 0.29) is 36.0 Å². The third-order valence-corrected chi connectivity index (χ3v) is 5.05. The molecule has 0 spiro atoms. The Morgan fingerprint density at radius 1 is 1.14 bits per heavy atom. The molecule has 9 heteroatoms. The molecular weight excluding hydrogens is 400 g/mol. The molecule has 1 aliphatic rings. The number of carbonyl (C=O) groups excluding carboxylic acids is 1. The standard InChI is InChI=1S/C20H25F2N5O.ClH/c1-3-27(2)20-23-11-10-18(26-20)24-14-5-7-15(8-6-14)25-19(28)13-4-9-16(21)17(22)12-13;/h4,9-12,14-15H,3,5-8H2,1-2H3,(H,25,28)(H,23,24,26);1H. The zero-order chi connectivity index (χ0) is 20.1. The Labute approximate surface area is 175 Å². The number of benzene rings is 1. The van der Waals surface area contributed by atoms with E-state index in [1.54, 1.807) is 6.20 Å². The quantitative estimate of drug-likeness (QED) is 0.737. The van der Waals surface area contributed by atoms with Gasteiger partial charge < -0.3 is 15.5 Å². The molecule has 1 aromatic heterocycles. The van der Waals surface area contributed by atoms with Gasteiger partial charge in [-0.3, -0.25) is 4.79 Å². The van der Waals surface area contributed by atoms with Gasteiger partial charge in [-0.1, -0.05) is 0 Å². The van der Waals surface area contributed by atoms with Crippen LogP contribution in [-0.2, 0) is 0 Å². The molecular formula is C20H26ClF2N5O. The fraction of sp³-hybridized carbons (Fsp3) is 0.450. The first-order chi connectivity index (χ1) is 13.5. The molecule has 0 saturated heterocycles. The number of rotatable bonds is 6. The lowest BCUT2D eigenvalue weighted by molar-refractivity contribution is 0.0926. The van der Waals surface area contributed by atoms with Crippen molar-refractivity contribution in [1.82, 2.24) is 15.3 Å². The van der Waals surface area contributed by atoms with Crippen LogP contribution in [0.4, 0.5) is 20.5 Å². The number of halogens is 3. The summed E-state index contributed by atoms with van der Waals surface area (Å²) in [7, 11) is 1.94. The highest BCUT2D eigenvalue weighted by atomic mass is 35.5. The van der Waals surface area contributed by atoms with E-state index in [1.807, 2.05) is 24.9 Å². The van der Waals surface area contributed by atoms with Crippen molar-refractivity contribution in [2.75, 3.05) is 23.8 Å². The number of hydrogen-bond acceptors (Lipinski definition) is 5. The highest BCUT2D eigenvalue weighted by molar-refractivity contribution is 5.94. The van der Waals surface area contributed by atoms with Gasteiger partial charge in [0.2, 0.25) is 5.95 Å². The minimum absolute atomic E-state index is 0. The van der Waals surface area contributed by atoms with Gasteiger partial charge in [0.1, 0.15) is 5.82 Å². The van der Waals surface area contributed by atoms with Gasteiger partial charge in [-0.25, -0.2) is 13.8 Å². The molecule has 0 aliphatic heterocycles. The molecule has 1 saturated carbocycles. The van der Waals surface area contributed by atoms with Crippen LogP contribution >= 0.6 is 12.4 Å². The smallest absolute Gasteiger partial charge is 0.251 e. The topological polar surface area (TPSA) is 70.2 Å². The average molecular weight is 426 g/mol. The van der Waals surface area contributed by atoms with E-state index in [2.05, 4.69) is 20.6 Å². The zero-order valence-corrected chi connectivity index (χ0v) is 17.3. The number of amides is 1. The molecule has 0 bridgehead atoms. The molecule has 3 rings (SSSR count). The summed E-state index contributed by atoms with van der Waals surface area (Å²) in [5, 5.41) is 6.35. The van der Waals surface area contributed by atoms with Crippen LogP contribution in [0, 0.1) is 11.6 Å². The van der Waals surface area contributed by atoms with Crippen molar-refractivity contribution in [2.24, 2.45) is 0 Å². The monoisotopic (exact) mass is 425 g/mol. The summed E-state index contributed by atoms with van der Waals surface area (Å²) in [6.07, 6.45) is 5.11. The third kappa shape index (κ3) is 6.00. The lowest BCUT2D eigenvalue weighted by Crippen LogP contribution is -2.40. The predicted octanol–water partition coefficient (Wildman–Crippen LogP) is 3.79. The van der Waals surface area contributed by atoms with Crippen LogP contribution in [0.15, 0.2) is 30.5 Å². The van der Waals surface area contributed by atoms with Crippen molar-refractivity contribution in [3.63, 3.8) is 0 Å². The Balaban J connectivity index is 0.00000300. The van der Waals surface area contributed by atoms with Crippen LogP contribution in [0.2, 0.25) is 0 Å². The molecule has 29 heavy (non-hydrogen) atoms. The summed E-state index contributed by atoms with van der Waals surface area (Å²) in [5.41, 5.74) is 0.132. The first-order valence-electron chi connectivity index (χ1n) is 9.53. The Bertz CT molecular complexity index is 830.